The number of methoxy groups -OCH3 is 1. The number of hydrogen-bond donors (Lipinski definition) is 0. The maximum absolute atomic E-state index is 14.1. The molecule has 4 aromatic rings. The van der Waals surface area contributed by atoms with Crippen LogP contribution < -0.4 is 29.1 Å². The highest BCUT2D eigenvalue weighted by atomic mass is 79.9. The van der Waals surface area contributed by atoms with E-state index >= 15 is 0 Å². The summed E-state index contributed by atoms with van der Waals surface area (Å²) in [5.41, 5.74) is 2.69. The van der Waals surface area contributed by atoms with E-state index in [1.807, 2.05) is 37.3 Å². The highest BCUT2D eigenvalue weighted by molar-refractivity contribution is 9.10. The first-order chi connectivity index (χ1) is 22.0. The first-order valence-corrected chi connectivity index (χ1v) is 16.8. The van der Waals surface area contributed by atoms with Crippen LogP contribution >= 0.6 is 50.5 Å². The van der Waals surface area contributed by atoms with E-state index in [1.165, 1.54) is 11.3 Å². The number of ether oxygens (including phenoxy) is 4. The van der Waals surface area contributed by atoms with Gasteiger partial charge >= 0.3 is 5.97 Å². The average Bonchev–Trinajstić information content (AvgIpc) is 3.30. The minimum Gasteiger partial charge on any atom is -0.494 e. The lowest BCUT2D eigenvalue weighted by Gasteiger charge is -2.25. The molecule has 0 saturated heterocycles. The van der Waals surface area contributed by atoms with Crippen molar-refractivity contribution in [2.24, 2.45) is 4.99 Å². The van der Waals surface area contributed by atoms with Gasteiger partial charge in [-0.3, -0.25) is 9.36 Å². The number of carbonyl (C=O) groups is 1. The van der Waals surface area contributed by atoms with Gasteiger partial charge in [0.05, 0.1) is 46.1 Å². The van der Waals surface area contributed by atoms with E-state index in [9.17, 15) is 9.59 Å². The van der Waals surface area contributed by atoms with Gasteiger partial charge < -0.3 is 18.9 Å². The van der Waals surface area contributed by atoms with Gasteiger partial charge in [-0.05, 0) is 97.2 Å². The molecule has 12 heteroatoms. The maximum atomic E-state index is 14.1. The summed E-state index contributed by atoms with van der Waals surface area (Å²) in [6.45, 7) is 7.94. The molecule has 0 spiro atoms. The molecule has 0 saturated carbocycles. The van der Waals surface area contributed by atoms with E-state index in [1.54, 1.807) is 62.8 Å². The van der Waals surface area contributed by atoms with Crippen LogP contribution in [0.5, 0.6) is 17.2 Å². The third-order valence-electron chi connectivity index (χ3n) is 7.03. The molecule has 8 nitrogen and oxygen atoms in total. The number of esters is 1. The summed E-state index contributed by atoms with van der Waals surface area (Å²) >= 11 is 17.2. The van der Waals surface area contributed by atoms with Crippen molar-refractivity contribution in [2.45, 2.75) is 46.4 Å². The summed E-state index contributed by atoms with van der Waals surface area (Å²) in [6, 6.07) is 15.4. The van der Waals surface area contributed by atoms with E-state index in [-0.39, 0.29) is 18.3 Å². The SMILES string of the molecule is CCOc1ccc([C@H]2C(C(=O)OC(C)C)=C(C)N=c3s/c(=C/c4cc(Br)c(OCc5ccc(Cl)cc5Cl)c(OC)c4)c(=O)n32)cc1. The molecule has 1 aromatic heterocycles. The first-order valence-electron chi connectivity index (χ1n) is 14.4. The minimum absolute atomic E-state index is 0.190. The number of benzene rings is 3. The van der Waals surface area contributed by atoms with Crippen LogP contribution in [0.15, 0.2) is 80.1 Å². The predicted molar refractivity (Wildman–Crippen MR) is 184 cm³/mol. The Morgan fingerprint density at radius 1 is 1.11 bits per heavy atom. The van der Waals surface area contributed by atoms with E-state index in [2.05, 4.69) is 20.9 Å². The van der Waals surface area contributed by atoms with Crippen LogP contribution in [-0.2, 0) is 16.1 Å². The summed E-state index contributed by atoms with van der Waals surface area (Å²) in [5.74, 6) is 1.11. The van der Waals surface area contributed by atoms with Crippen molar-refractivity contribution in [2.75, 3.05) is 13.7 Å². The largest absolute Gasteiger partial charge is 0.494 e. The molecule has 1 aliphatic heterocycles. The fourth-order valence-electron chi connectivity index (χ4n) is 4.99. The average molecular weight is 747 g/mol. The maximum Gasteiger partial charge on any atom is 0.338 e. The van der Waals surface area contributed by atoms with Crippen LogP contribution in [0.2, 0.25) is 10.0 Å². The van der Waals surface area contributed by atoms with E-state index in [0.717, 1.165) is 11.1 Å². The Balaban J connectivity index is 1.56. The normalized spacial score (nSPS) is 14.6. The van der Waals surface area contributed by atoms with Gasteiger partial charge in [0.25, 0.3) is 5.56 Å². The van der Waals surface area contributed by atoms with E-state index in [0.29, 0.717) is 64.5 Å². The van der Waals surface area contributed by atoms with Gasteiger partial charge in [0, 0.05) is 15.6 Å². The number of fused-ring (bicyclic) bond motifs is 1. The van der Waals surface area contributed by atoms with Crippen molar-refractivity contribution in [3.63, 3.8) is 0 Å². The Morgan fingerprint density at radius 2 is 1.85 bits per heavy atom. The lowest BCUT2D eigenvalue weighted by atomic mass is 9.96. The summed E-state index contributed by atoms with van der Waals surface area (Å²) in [5, 5.41) is 1.03. The zero-order valence-electron chi connectivity index (χ0n) is 25.7. The van der Waals surface area contributed by atoms with Crippen molar-refractivity contribution < 1.29 is 23.7 Å². The van der Waals surface area contributed by atoms with Gasteiger partial charge in [-0.15, -0.1) is 0 Å². The number of thiazole rings is 1. The molecule has 1 atom stereocenters. The Hall–Kier alpha value is -3.57. The Bertz CT molecular complexity index is 2000. The van der Waals surface area contributed by atoms with Crippen LogP contribution in [0, 0.1) is 0 Å². The molecule has 240 valence electrons. The fraction of sp³-hybridized carbons (Fsp3) is 0.265. The molecule has 46 heavy (non-hydrogen) atoms. The lowest BCUT2D eigenvalue weighted by molar-refractivity contribution is -0.143. The molecule has 0 aliphatic carbocycles. The molecule has 0 bridgehead atoms. The van der Waals surface area contributed by atoms with Gasteiger partial charge in [0.15, 0.2) is 16.3 Å². The molecule has 0 fully saturated rings. The summed E-state index contributed by atoms with van der Waals surface area (Å²) in [6.07, 6.45) is 1.42. The van der Waals surface area contributed by atoms with Gasteiger partial charge in [-0.2, -0.15) is 0 Å². The van der Waals surface area contributed by atoms with Gasteiger partial charge in [-0.25, -0.2) is 9.79 Å². The van der Waals surface area contributed by atoms with Crippen molar-refractivity contribution in [3.05, 3.63) is 117 Å². The number of carbonyl (C=O) groups excluding carboxylic acids is 1. The molecule has 2 heterocycles. The topological polar surface area (TPSA) is 88.4 Å². The summed E-state index contributed by atoms with van der Waals surface area (Å²) < 4.78 is 25.5. The number of rotatable bonds is 10. The van der Waals surface area contributed by atoms with Crippen LogP contribution in [-0.4, -0.2) is 30.4 Å². The summed E-state index contributed by atoms with van der Waals surface area (Å²) in [7, 11) is 1.54. The third-order valence-corrected chi connectivity index (χ3v) is 9.19. The first kappa shape index (κ1) is 33.8. The molecular weight excluding hydrogens is 715 g/mol. The van der Waals surface area contributed by atoms with Crippen LogP contribution in [0.3, 0.4) is 0 Å². The van der Waals surface area contributed by atoms with E-state index in [4.69, 9.17) is 42.1 Å². The quantitative estimate of drug-likeness (QED) is 0.159. The van der Waals surface area contributed by atoms with Crippen LogP contribution in [0.25, 0.3) is 6.08 Å². The minimum atomic E-state index is -0.739. The van der Waals surface area contributed by atoms with Crippen molar-refractivity contribution in [3.8, 4) is 17.2 Å². The fourth-order valence-corrected chi connectivity index (χ4v) is 7.08. The lowest BCUT2D eigenvalue weighted by Crippen LogP contribution is -2.40. The second kappa shape index (κ2) is 14.5. The highest BCUT2D eigenvalue weighted by Gasteiger charge is 2.34. The Labute approximate surface area is 288 Å². The molecule has 0 radical (unpaired) electrons. The van der Waals surface area contributed by atoms with E-state index < -0.39 is 12.0 Å². The third kappa shape index (κ3) is 7.20. The van der Waals surface area contributed by atoms with Crippen molar-refractivity contribution in [1.29, 1.82) is 0 Å². The smallest absolute Gasteiger partial charge is 0.338 e. The predicted octanol–water partition coefficient (Wildman–Crippen LogP) is 7.24. The highest BCUT2D eigenvalue weighted by Crippen LogP contribution is 2.38. The molecule has 0 N–H and O–H groups in total. The summed E-state index contributed by atoms with van der Waals surface area (Å²) in [4.78, 5) is 32.6. The van der Waals surface area contributed by atoms with Gasteiger partial charge in [0.2, 0.25) is 0 Å². The van der Waals surface area contributed by atoms with Gasteiger partial charge in [-0.1, -0.05) is 52.7 Å². The number of aromatic nitrogens is 1. The van der Waals surface area contributed by atoms with Crippen LogP contribution in [0.4, 0.5) is 0 Å². The van der Waals surface area contributed by atoms with Gasteiger partial charge in [0.1, 0.15) is 12.4 Å². The molecule has 0 unspecified atom stereocenters. The second-order valence-corrected chi connectivity index (χ2v) is 13.3. The molecule has 1 aliphatic rings. The number of nitrogens with zero attached hydrogens (tertiary/aromatic N) is 2. The zero-order valence-corrected chi connectivity index (χ0v) is 29.6. The molecule has 0 amide bonds. The molecule has 3 aromatic carbocycles. The number of hydrogen-bond acceptors (Lipinski definition) is 8. The van der Waals surface area contributed by atoms with Crippen molar-refractivity contribution in [1.82, 2.24) is 4.57 Å². The Morgan fingerprint density at radius 3 is 2.50 bits per heavy atom. The molecule has 5 rings (SSSR count). The number of halogens is 3. The monoisotopic (exact) mass is 744 g/mol. The number of allylic oxidation sites excluding steroid dienone is 1. The van der Waals surface area contributed by atoms with Crippen molar-refractivity contribution >= 4 is 62.5 Å². The zero-order chi connectivity index (χ0) is 33.1. The molecular formula is C34H31BrCl2N2O6S. The second-order valence-electron chi connectivity index (χ2n) is 10.6. The standard InChI is InChI=1S/C34H31BrCl2N2O6S/c1-6-43-24-11-8-21(9-12-24)30-29(33(41)45-18(2)3)19(4)38-34-39(30)32(40)28(46-34)15-20-13-25(35)31(27(14-20)42-5)44-17-22-7-10-23(36)16-26(22)37/h7-16,18,30H,6,17H2,1-5H3/b28-15+/t30-/m0/s1. The Kier molecular flexibility index (Phi) is 10.6. The van der Waals surface area contributed by atoms with Crippen LogP contribution in [0.1, 0.15) is 50.4 Å².